The maximum Gasteiger partial charge on any atom is 0.264 e. The molecule has 2 aromatic carbocycles. The number of nitrogens with zero attached hydrogens (tertiary/aromatic N) is 5. The predicted molar refractivity (Wildman–Crippen MR) is 153 cm³/mol. The van der Waals surface area contributed by atoms with Crippen molar-refractivity contribution in [2.45, 2.75) is 57.7 Å². The number of hydrogen-bond acceptors (Lipinski definition) is 6. The van der Waals surface area contributed by atoms with Crippen LogP contribution >= 0.6 is 11.6 Å². The average molecular weight is 564 g/mol. The Hall–Kier alpha value is -3.53. The summed E-state index contributed by atoms with van der Waals surface area (Å²) >= 11 is 6.32. The highest BCUT2D eigenvalue weighted by Gasteiger charge is 2.52. The van der Waals surface area contributed by atoms with Crippen molar-refractivity contribution >= 4 is 34.8 Å². The second kappa shape index (κ2) is 11.9. The molecule has 2 amide bonds. The molecule has 210 valence electrons. The Kier molecular flexibility index (Phi) is 8.35. The third-order valence-corrected chi connectivity index (χ3v) is 7.92. The number of hydrogen-bond donors (Lipinski definition) is 2. The van der Waals surface area contributed by atoms with E-state index in [2.05, 4.69) is 10.3 Å². The highest BCUT2D eigenvalue weighted by Crippen LogP contribution is 2.46. The highest BCUT2D eigenvalue weighted by molar-refractivity contribution is 6.31. The van der Waals surface area contributed by atoms with Gasteiger partial charge in [0, 0.05) is 60.9 Å². The Morgan fingerprint density at radius 1 is 1.18 bits per heavy atom. The smallest absolute Gasteiger partial charge is 0.264 e. The van der Waals surface area contributed by atoms with Crippen LogP contribution in [0.4, 0.5) is 11.4 Å². The van der Waals surface area contributed by atoms with Crippen LogP contribution in [0.2, 0.25) is 5.02 Å². The molecule has 0 unspecified atom stereocenters. The van der Waals surface area contributed by atoms with E-state index in [-0.39, 0.29) is 19.1 Å². The van der Waals surface area contributed by atoms with Gasteiger partial charge in [-0.25, -0.2) is 0 Å². The van der Waals surface area contributed by atoms with Gasteiger partial charge in [0.2, 0.25) is 5.91 Å². The Labute approximate surface area is 238 Å². The molecule has 1 saturated heterocycles. The first-order chi connectivity index (χ1) is 19.3. The normalized spacial score (nSPS) is 20.0. The van der Waals surface area contributed by atoms with Gasteiger partial charge in [-0.1, -0.05) is 48.0 Å². The number of amides is 2. The summed E-state index contributed by atoms with van der Waals surface area (Å²) in [7, 11) is 0. The van der Waals surface area contributed by atoms with E-state index in [1.807, 2.05) is 48.2 Å². The first kappa shape index (κ1) is 28.0. The van der Waals surface area contributed by atoms with Gasteiger partial charge in [0.05, 0.1) is 17.9 Å². The summed E-state index contributed by atoms with van der Waals surface area (Å²) < 4.78 is 1.71. The van der Waals surface area contributed by atoms with Gasteiger partial charge in [0.25, 0.3) is 5.91 Å². The zero-order valence-corrected chi connectivity index (χ0v) is 23.3. The molecule has 2 aliphatic rings. The zero-order chi connectivity index (χ0) is 28.3. The van der Waals surface area contributed by atoms with Crippen LogP contribution in [0.1, 0.15) is 49.4 Å². The van der Waals surface area contributed by atoms with E-state index in [1.165, 1.54) is 0 Å². The van der Waals surface area contributed by atoms with E-state index in [1.54, 1.807) is 34.0 Å². The lowest BCUT2D eigenvalue weighted by Crippen LogP contribution is -2.44. The number of fused-ring (bicyclic) bond motifs is 1. The Bertz CT molecular complexity index is 1420. The van der Waals surface area contributed by atoms with Gasteiger partial charge >= 0.3 is 0 Å². The summed E-state index contributed by atoms with van der Waals surface area (Å²) in [5.74, 6) is -0.823. The van der Waals surface area contributed by atoms with E-state index < -0.39 is 17.4 Å². The number of anilines is 2. The van der Waals surface area contributed by atoms with Crippen LogP contribution in [0, 0.1) is 5.92 Å². The number of aliphatic hydroxyl groups is 2. The number of aliphatic hydroxyl groups excluding tert-OH is 1. The van der Waals surface area contributed by atoms with Crippen LogP contribution in [0.5, 0.6) is 0 Å². The second-order valence-electron chi connectivity index (χ2n) is 10.4. The number of benzene rings is 2. The van der Waals surface area contributed by atoms with E-state index in [0.29, 0.717) is 48.6 Å². The van der Waals surface area contributed by atoms with Crippen LogP contribution in [-0.4, -0.2) is 50.2 Å². The molecule has 3 aromatic rings. The lowest BCUT2D eigenvalue weighted by Gasteiger charge is -2.28. The molecule has 0 radical (unpaired) electrons. The molecule has 0 aliphatic carbocycles. The standard InChI is InChI=1S/C30H34ClN5O4/c1-21(7-2-4-14-34-20-24(13-16-37)32-33-34)30(40)26-18-23(31)11-12-27(26)36(29(30)39)19-22-8-6-9-25(17-22)35-15-5-3-10-28(35)38/h2,6-9,11-12,17-18,20-21,37,40H,3-5,10,13-16,19H2,1H3/b7-2+/t21-,30+/m0/s1. The first-order valence-corrected chi connectivity index (χ1v) is 14.1. The molecule has 2 atom stereocenters. The number of rotatable bonds is 10. The highest BCUT2D eigenvalue weighted by atomic mass is 35.5. The Morgan fingerprint density at radius 3 is 2.83 bits per heavy atom. The molecule has 3 heterocycles. The summed E-state index contributed by atoms with van der Waals surface area (Å²) in [5, 5.41) is 29.5. The van der Waals surface area contributed by atoms with Crippen LogP contribution in [0.15, 0.2) is 60.8 Å². The van der Waals surface area contributed by atoms with Gasteiger partial charge in [0.1, 0.15) is 0 Å². The van der Waals surface area contributed by atoms with Crippen molar-refractivity contribution in [3.05, 3.63) is 82.7 Å². The number of allylic oxidation sites excluding steroid dienone is 1. The molecule has 9 nitrogen and oxygen atoms in total. The minimum Gasteiger partial charge on any atom is -0.396 e. The molecule has 0 saturated carbocycles. The van der Waals surface area contributed by atoms with Crippen LogP contribution in [0.25, 0.3) is 0 Å². The zero-order valence-electron chi connectivity index (χ0n) is 22.5. The summed E-state index contributed by atoms with van der Waals surface area (Å²) in [4.78, 5) is 29.8. The SMILES string of the molecule is C[C@@H](/C=C/CCn1cc(CCO)nn1)[C@]1(O)C(=O)N(Cc2cccc(N3CCCCC3=O)c2)c2ccc(Cl)cc21. The number of aryl methyl sites for hydroxylation is 1. The molecule has 2 aliphatic heterocycles. The molecule has 1 aromatic heterocycles. The van der Waals surface area contributed by atoms with Crippen molar-refractivity contribution in [1.29, 1.82) is 0 Å². The maximum absolute atomic E-state index is 13.9. The average Bonchev–Trinajstić information content (AvgIpc) is 3.48. The molecule has 1 fully saturated rings. The van der Waals surface area contributed by atoms with Crippen LogP contribution in [-0.2, 0) is 34.7 Å². The van der Waals surface area contributed by atoms with Crippen molar-refractivity contribution in [2.75, 3.05) is 23.0 Å². The van der Waals surface area contributed by atoms with Gasteiger partial charge in [0.15, 0.2) is 5.60 Å². The third-order valence-electron chi connectivity index (χ3n) is 7.68. The number of carbonyl (C=O) groups is 2. The largest absolute Gasteiger partial charge is 0.396 e. The van der Waals surface area contributed by atoms with E-state index >= 15 is 0 Å². The summed E-state index contributed by atoms with van der Waals surface area (Å²) in [5.41, 5.74) is 1.75. The Balaban J connectivity index is 1.34. The summed E-state index contributed by atoms with van der Waals surface area (Å²) in [6.07, 6.45) is 9.09. The van der Waals surface area contributed by atoms with Crippen molar-refractivity contribution in [3.63, 3.8) is 0 Å². The first-order valence-electron chi connectivity index (χ1n) is 13.7. The molecule has 40 heavy (non-hydrogen) atoms. The fraction of sp³-hybridized carbons (Fsp3) is 0.400. The lowest BCUT2D eigenvalue weighted by atomic mass is 9.83. The van der Waals surface area contributed by atoms with Crippen molar-refractivity contribution in [3.8, 4) is 0 Å². The second-order valence-corrected chi connectivity index (χ2v) is 10.9. The topological polar surface area (TPSA) is 112 Å². The van der Waals surface area contributed by atoms with Gasteiger partial charge in [-0.3, -0.25) is 14.3 Å². The third kappa shape index (κ3) is 5.54. The minimum atomic E-state index is -1.78. The summed E-state index contributed by atoms with van der Waals surface area (Å²) in [6.45, 7) is 3.37. The molecule has 2 N–H and O–H groups in total. The molecule has 5 rings (SSSR count). The Morgan fingerprint density at radius 2 is 2.02 bits per heavy atom. The molecule has 0 spiro atoms. The van der Waals surface area contributed by atoms with Crippen LogP contribution < -0.4 is 9.80 Å². The lowest BCUT2D eigenvalue weighted by molar-refractivity contribution is -0.139. The molecular weight excluding hydrogens is 530 g/mol. The van der Waals surface area contributed by atoms with E-state index in [4.69, 9.17) is 16.7 Å². The summed E-state index contributed by atoms with van der Waals surface area (Å²) in [6, 6.07) is 12.9. The van der Waals surface area contributed by atoms with E-state index in [0.717, 1.165) is 29.8 Å². The van der Waals surface area contributed by atoms with Crippen molar-refractivity contribution in [2.24, 2.45) is 5.92 Å². The number of halogens is 1. The molecular formula is C30H34ClN5O4. The fourth-order valence-electron chi connectivity index (χ4n) is 5.48. The monoisotopic (exact) mass is 563 g/mol. The minimum absolute atomic E-state index is 0.0226. The maximum atomic E-state index is 13.9. The number of carbonyl (C=O) groups excluding carboxylic acids is 2. The quantitative estimate of drug-likeness (QED) is 0.361. The van der Waals surface area contributed by atoms with Gasteiger partial charge in [-0.2, -0.15) is 0 Å². The van der Waals surface area contributed by atoms with Crippen molar-refractivity contribution in [1.82, 2.24) is 15.0 Å². The van der Waals surface area contributed by atoms with E-state index in [9.17, 15) is 14.7 Å². The van der Waals surface area contributed by atoms with Crippen molar-refractivity contribution < 1.29 is 19.8 Å². The molecule has 10 heteroatoms. The van der Waals surface area contributed by atoms with Crippen LogP contribution in [0.3, 0.4) is 0 Å². The number of aromatic nitrogens is 3. The molecule has 0 bridgehead atoms. The van der Waals surface area contributed by atoms with Gasteiger partial charge in [-0.05, 0) is 55.2 Å². The predicted octanol–water partition coefficient (Wildman–Crippen LogP) is 4.00. The number of piperidine rings is 1. The fourth-order valence-corrected chi connectivity index (χ4v) is 5.66. The van der Waals surface area contributed by atoms with Gasteiger partial charge in [-0.15, -0.1) is 5.10 Å². The van der Waals surface area contributed by atoms with Gasteiger partial charge < -0.3 is 20.0 Å².